The molecule has 0 aliphatic rings. The van der Waals surface area contributed by atoms with Crippen LogP contribution >= 0.6 is 0 Å². The van der Waals surface area contributed by atoms with Gasteiger partial charge in [-0.15, -0.1) is 0 Å². The van der Waals surface area contributed by atoms with Gasteiger partial charge in [0.15, 0.2) is 6.10 Å². The normalized spacial score (nSPS) is 12.5. The number of hydrogen-bond acceptors (Lipinski definition) is 6. The highest BCUT2D eigenvalue weighted by Gasteiger charge is 2.19. The van der Waals surface area contributed by atoms with Gasteiger partial charge >= 0.3 is 17.9 Å². The second-order valence-electron chi connectivity index (χ2n) is 22.0. The molecule has 440 valence electrons. The monoisotopic (exact) mass is 1060 g/mol. The number of allylic oxidation sites excluding steroid dienone is 12. The Morgan fingerprint density at radius 3 is 0.829 bits per heavy atom. The van der Waals surface area contributed by atoms with Crippen molar-refractivity contribution in [3.63, 3.8) is 0 Å². The van der Waals surface area contributed by atoms with Crippen molar-refractivity contribution in [2.24, 2.45) is 0 Å². The number of hydrogen-bond donors (Lipinski definition) is 0. The molecular weight excluding hydrogens is 937 g/mol. The lowest BCUT2D eigenvalue weighted by molar-refractivity contribution is -0.167. The van der Waals surface area contributed by atoms with Gasteiger partial charge in [0.25, 0.3) is 0 Å². The summed E-state index contributed by atoms with van der Waals surface area (Å²) < 4.78 is 17.0. The van der Waals surface area contributed by atoms with Crippen molar-refractivity contribution in [1.82, 2.24) is 0 Å². The maximum atomic E-state index is 12.9. The summed E-state index contributed by atoms with van der Waals surface area (Å²) in [4.78, 5) is 38.4. The van der Waals surface area contributed by atoms with Crippen molar-refractivity contribution in [2.45, 2.75) is 341 Å². The highest BCUT2D eigenvalue weighted by Crippen LogP contribution is 2.17. The molecule has 0 spiro atoms. The Morgan fingerprint density at radius 1 is 0.276 bits per heavy atom. The van der Waals surface area contributed by atoms with Crippen LogP contribution in [0.3, 0.4) is 0 Å². The van der Waals surface area contributed by atoms with Crippen LogP contribution in [0.25, 0.3) is 0 Å². The van der Waals surface area contributed by atoms with E-state index in [1.807, 2.05) is 0 Å². The van der Waals surface area contributed by atoms with E-state index in [-0.39, 0.29) is 31.1 Å². The lowest BCUT2D eigenvalue weighted by atomic mass is 10.0. The topological polar surface area (TPSA) is 78.9 Å². The summed E-state index contributed by atoms with van der Waals surface area (Å²) in [6.45, 7) is 6.54. The minimum absolute atomic E-state index is 0.0795. The molecule has 0 rings (SSSR count). The van der Waals surface area contributed by atoms with E-state index in [9.17, 15) is 14.4 Å². The van der Waals surface area contributed by atoms with Crippen molar-refractivity contribution in [2.75, 3.05) is 13.2 Å². The summed E-state index contributed by atoms with van der Waals surface area (Å²) in [6.07, 6.45) is 83.3. The van der Waals surface area contributed by atoms with Gasteiger partial charge in [-0.1, -0.05) is 299 Å². The Labute approximate surface area is 472 Å². The fraction of sp³-hybridized carbons (Fsp3) is 0.786. The number of carbonyl (C=O) groups excluding carboxylic acids is 3. The van der Waals surface area contributed by atoms with Crippen LogP contribution in [-0.2, 0) is 28.6 Å². The first-order valence-electron chi connectivity index (χ1n) is 32.9. The molecule has 1 unspecified atom stereocenters. The van der Waals surface area contributed by atoms with Crippen LogP contribution in [0.2, 0.25) is 0 Å². The predicted molar refractivity (Wildman–Crippen MR) is 330 cm³/mol. The van der Waals surface area contributed by atoms with Gasteiger partial charge in [0.1, 0.15) is 13.2 Å². The summed E-state index contributed by atoms with van der Waals surface area (Å²) in [5.41, 5.74) is 0. The van der Waals surface area contributed by atoms with E-state index in [2.05, 4.69) is 93.7 Å². The van der Waals surface area contributed by atoms with E-state index in [4.69, 9.17) is 14.2 Å². The molecule has 0 saturated carbocycles. The van der Waals surface area contributed by atoms with E-state index in [0.717, 1.165) is 103 Å². The zero-order valence-corrected chi connectivity index (χ0v) is 50.5. The summed E-state index contributed by atoms with van der Waals surface area (Å²) in [5.74, 6) is -0.879. The van der Waals surface area contributed by atoms with Crippen LogP contribution < -0.4 is 0 Å². The molecule has 0 aromatic heterocycles. The first kappa shape index (κ1) is 72.8. The third kappa shape index (κ3) is 61.7. The maximum absolute atomic E-state index is 12.9. The number of ether oxygens (including phenoxy) is 3. The lowest BCUT2D eigenvalue weighted by Crippen LogP contribution is -2.30. The predicted octanol–water partition coefficient (Wildman–Crippen LogP) is 22.5. The van der Waals surface area contributed by atoms with E-state index in [1.165, 1.54) is 193 Å². The van der Waals surface area contributed by atoms with Crippen molar-refractivity contribution < 1.29 is 28.6 Å². The standard InChI is InChI=1S/C70H124O6/c1-4-7-10-13-16-19-22-25-28-31-34-37-39-42-45-48-51-54-57-60-63-69(72)75-66-67(76-70(73)64-61-58-55-52-49-46-43-40-36-33-30-27-24-21-18-15-12-9-6-3)65-74-68(71)62-59-56-53-50-47-44-41-38-35-32-29-26-23-20-17-14-11-8-5-2/h9,12,17-18,20-21,26-27,29-30,36,40,67H,4-8,10-11,13-16,19,22-25,28,31-35,37-39,41-66H2,1-3H3/b12-9-,20-17-,21-18-,29-26-,30-27-,40-36-. The van der Waals surface area contributed by atoms with Crippen LogP contribution in [0.5, 0.6) is 0 Å². The molecule has 0 aromatic rings. The second-order valence-corrected chi connectivity index (χ2v) is 22.0. The van der Waals surface area contributed by atoms with E-state index in [1.54, 1.807) is 0 Å². The Bertz CT molecular complexity index is 1400. The molecule has 1 atom stereocenters. The molecule has 0 N–H and O–H groups in total. The molecule has 6 nitrogen and oxygen atoms in total. The van der Waals surface area contributed by atoms with Crippen LogP contribution in [0, 0.1) is 0 Å². The Kier molecular flexibility index (Phi) is 61.7. The fourth-order valence-corrected chi connectivity index (χ4v) is 9.53. The summed E-state index contributed by atoms with van der Waals surface area (Å²) in [7, 11) is 0. The molecule has 0 bridgehead atoms. The van der Waals surface area contributed by atoms with Gasteiger partial charge in [0.2, 0.25) is 0 Å². The minimum atomic E-state index is -0.785. The largest absolute Gasteiger partial charge is 0.462 e. The number of unbranched alkanes of at least 4 members (excludes halogenated alkanes) is 37. The first-order chi connectivity index (χ1) is 37.5. The quantitative estimate of drug-likeness (QED) is 0.0261. The number of rotatable bonds is 60. The van der Waals surface area contributed by atoms with Crippen molar-refractivity contribution >= 4 is 17.9 Å². The van der Waals surface area contributed by atoms with E-state index < -0.39 is 6.10 Å². The van der Waals surface area contributed by atoms with Crippen LogP contribution in [0.15, 0.2) is 72.9 Å². The molecule has 6 heteroatoms. The third-order valence-electron chi connectivity index (χ3n) is 14.4. The smallest absolute Gasteiger partial charge is 0.306 e. The van der Waals surface area contributed by atoms with E-state index in [0.29, 0.717) is 19.3 Å². The van der Waals surface area contributed by atoms with Crippen LogP contribution in [-0.4, -0.2) is 37.2 Å². The molecule has 0 radical (unpaired) electrons. The fourth-order valence-electron chi connectivity index (χ4n) is 9.53. The summed E-state index contributed by atoms with van der Waals surface area (Å²) in [6, 6.07) is 0. The summed E-state index contributed by atoms with van der Waals surface area (Å²) >= 11 is 0. The zero-order chi connectivity index (χ0) is 55.0. The molecule has 0 aromatic carbocycles. The number of carbonyl (C=O) groups is 3. The Balaban J connectivity index is 4.38. The van der Waals surface area contributed by atoms with Gasteiger partial charge in [0, 0.05) is 19.3 Å². The second kappa shape index (κ2) is 64.4. The van der Waals surface area contributed by atoms with E-state index >= 15 is 0 Å². The van der Waals surface area contributed by atoms with Crippen LogP contribution in [0.1, 0.15) is 335 Å². The SMILES string of the molecule is CC/C=C\C/C=C\C/C=C\C/C=C\CCCCCCCCC(=O)OC(COC(=O)CCCCCCCCCCC/C=C\C/C=C\CCCCC)COC(=O)CCCCCCCCCCCCCCCCCCCCCC. The average Bonchev–Trinajstić information content (AvgIpc) is 3.42. The van der Waals surface area contributed by atoms with Gasteiger partial charge in [-0.25, -0.2) is 0 Å². The van der Waals surface area contributed by atoms with Crippen molar-refractivity contribution in [3.8, 4) is 0 Å². The lowest BCUT2D eigenvalue weighted by Gasteiger charge is -2.18. The molecule has 0 heterocycles. The van der Waals surface area contributed by atoms with Gasteiger partial charge in [-0.2, -0.15) is 0 Å². The van der Waals surface area contributed by atoms with Gasteiger partial charge < -0.3 is 14.2 Å². The van der Waals surface area contributed by atoms with Gasteiger partial charge in [-0.05, 0) is 89.9 Å². The molecule has 0 aliphatic carbocycles. The molecule has 0 fully saturated rings. The minimum Gasteiger partial charge on any atom is -0.462 e. The van der Waals surface area contributed by atoms with Crippen LogP contribution in [0.4, 0.5) is 0 Å². The Hall–Kier alpha value is -3.15. The number of esters is 3. The molecular formula is C70H124O6. The zero-order valence-electron chi connectivity index (χ0n) is 50.5. The molecule has 0 saturated heterocycles. The third-order valence-corrected chi connectivity index (χ3v) is 14.4. The highest BCUT2D eigenvalue weighted by atomic mass is 16.6. The maximum Gasteiger partial charge on any atom is 0.306 e. The van der Waals surface area contributed by atoms with Crippen molar-refractivity contribution in [1.29, 1.82) is 0 Å². The van der Waals surface area contributed by atoms with Crippen molar-refractivity contribution in [3.05, 3.63) is 72.9 Å². The Morgan fingerprint density at radius 2 is 0.513 bits per heavy atom. The first-order valence-corrected chi connectivity index (χ1v) is 32.9. The molecule has 76 heavy (non-hydrogen) atoms. The molecule has 0 amide bonds. The molecule has 0 aliphatic heterocycles. The summed E-state index contributed by atoms with van der Waals surface area (Å²) in [5, 5.41) is 0. The van der Waals surface area contributed by atoms with Gasteiger partial charge in [-0.3, -0.25) is 14.4 Å². The average molecular weight is 1060 g/mol. The highest BCUT2D eigenvalue weighted by molar-refractivity contribution is 5.71. The van der Waals surface area contributed by atoms with Gasteiger partial charge in [0.05, 0.1) is 0 Å².